The largest absolute Gasteiger partial charge is 0.466 e. The van der Waals surface area contributed by atoms with E-state index in [-0.39, 0.29) is 28.1 Å². The van der Waals surface area contributed by atoms with Crippen LogP contribution in [-0.2, 0) is 25.2 Å². The number of halogens is 3. The van der Waals surface area contributed by atoms with Gasteiger partial charge in [0.1, 0.15) is 0 Å². The third-order valence-electron chi connectivity index (χ3n) is 4.63. The quantitative estimate of drug-likeness (QED) is 0.659. The summed E-state index contributed by atoms with van der Waals surface area (Å²) in [5.74, 6) is -0.991. The van der Waals surface area contributed by atoms with E-state index in [1.165, 1.54) is 18.2 Å². The number of hydrogen-bond acceptors (Lipinski definition) is 5. The first-order chi connectivity index (χ1) is 12.5. The van der Waals surface area contributed by atoms with Gasteiger partial charge in [0.25, 0.3) is 0 Å². The van der Waals surface area contributed by atoms with Crippen LogP contribution in [0.3, 0.4) is 0 Å². The first kappa shape index (κ1) is 22.4. The number of nitrogens with zero attached hydrogens (tertiary/aromatic N) is 1. The van der Waals surface area contributed by atoms with E-state index in [0.29, 0.717) is 32.5 Å². The number of nitrogens with one attached hydrogen (secondary N) is 1. The number of esters is 1. The van der Waals surface area contributed by atoms with Crippen molar-refractivity contribution in [2.75, 3.05) is 33.0 Å². The highest BCUT2D eigenvalue weighted by Gasteiger charge is 2.42. The Morgan fingerprint density at radius 1 is 1.33 bits per heavy atom. The normalized spacial score (nSPS) is 18.9. The van der Waals surface area contributed by atoms with E-state index in [0.717, 1.165) is 13.4 Å². The Hall–Kier alpha value is -0.930. The van der Waals surface area contributed by atoms with Crippen molar-refractivity contribution in [3.05, 3.63) is 33.8 Å². The van der Waals surface area contributed by atoms with E-state index in [9.17, 15) is 13.2 Å². The first-order valence-corrected chi connectivity index (χ1v) is 11.1. The number of rotatable bonds is 7. The van der Waals surface area contributed by atoms with Gasteiger partial charge in [-0.15, -0.1) is 0 Å². The van der Waals surface area contributed by atoms with Gasteiger partial charge in [-0.2, -0.15) is 0 Å². The fraction of sp³-hybridized carbons (Fsp3) is 0.588. The molecule has 1 fully saturated rings. The molecule has 0 bridgehead atoms. The molecule has 1 N–H and O–H groups in total. The molecule has 6 nitrogen and oxygen atoms in total. The number of alkyl halides is 1. The number of benzene rings is 1. The predicted molar refractivity (Wildman–Crippen MR) is 103 cm³/mol. The molecule has 1 heterocycles. The van der Waals surface area contributed by atoms with E-state index in [2.05, 4.69) is 9.46 Å². The Morgan fingerprint density at radius 2 is 1.96 bits per heavy atom. The van der Waals surface area contributed by atoms with Crippen molar-refractivity contribution in [1.82, 2.24) is 9.62 Å². The number of likely N-dealkylation sites (tertiary alicyclic amines) is 1. The Balaban J connectivity index is 2.03. The van der Waals surface area contributed by atoms with Crippen LogP contribution in [-0.4, -0.2) is 58.3 Å². The maximum Gasteiger partial charge on any atom is 0.348 e. The summed E-state index contributed by atoms with van der Waals surface area (Å²) in [6.07, 6.45) is 2.26. The molecule has 27 heavy (non-hydrogen) atoms. The zero-order chi connectivity index (χ0) is 20.2. The molecule has 0 spiro atoms. The lowest BCUT2D eigenvalue weighted by atomic mass is 9.91. The van der Waals surface area contributed by atoms with Gasteiger partial charge in [-0.25, -0.2) is 22.3 Å². The minimum absolute atomic E-state index is 0.0948. The molecular formula is C17H23Cl2FN2O4S. The molecule has 1 aliphatic rings. The van der Waals surface area contributed by atoms with Gasteiger partial charge in [-0.1, -0.05) is 29.3 Å². The van der Waals surface area contributed by atoms with E-state index in [1.807, 2.05) is 4.90 Å². The van der Waals surface area contributed by atoms with Crippen LogP contribution < -0.4 is 4.72 Å². The molecule has 0 amide bonds. The Morgan fingerprint density at radius 3 is 2.48 bits per heavy atom. The highest BCUT2D eigenvalue weighted by molar-refractivity contribution is 7.88. The molecule has 0 saturated carbocycles. The second kappa shape index (κ2) is 9.05. The van der Waals surface area contributed by atoms with Crippen molar-refractivity contribution >= 4 is 39.2 Å². The number of carbonyl (C=O) groups excluding carboxylic acids is 1. The highest BCUT2D eigenvalue weighted by Crippen LogP contribution is 2.35. The molecule has 0 radical (unpaired) electrons. The summed E-state index contributed by atoms with van der Waals surface area (Å²) in [5.41, 5.74) is -2.25. The third-order valence-corrected chi connectivity index (χ3v) is 6.13. The van der Waals surface area contributed by atoms with E-state index < -0.39 is 21.7 Å². The summed E-state index contributed by atoms with van der Waals surface area (Å²) >= 11 is 11.8. The SMILES string of the molecule is COC(=O)C(F)(CCN1CCC(NS(C)(=O)=O)CC1)c1ccc(Cl)c(Cl)c1. The van der Waals surface area contributed by atoms with E-state index >= 15 is 4.39 Å². The maximum atomic E-state index is 15.6. The van der Waals surface area contributed by atoms with Crippen LogP contribution >= 0.6 is 23.2 Å². The van der Waals surface area contributed by atoms with Gasteiger partial charge in [0.15, 0.2) is 0 Å². The van der Waals surface area contributed by atoms with Gasteiger partial charge in [0.05, 0.1) is 23.4 Å². The average Bonchev–Trinajstić information content (AvgIpc) is 2.61. The van der Waals surface area contributed by atoms with E-state index in [4.69, 9.17) is 23.2 Å². The molecule has 1 unspecified atom stereocenters. The number of methoxy groups -OCH3 is 1. The van der Waals surface area contributed by atoms with Gasteiger partial charge < -0.3 is 9.64 Å². The number of piperidine rings is 1. The topological polar surface area (TPSA) is 75.7 Å². The monoisotopic (exact) mass is 440 g/mol. The van der Waals surface area contributed by atoms with Crippen molar-refractivity contribution in [3.63, 3.8) is 0 Å². The van der Waals surface area contributed by atoms with Crippen LogP contribution in [0, 0.1) is 0 Å². The fourth-order valence-corrected chi connectivity index (χ4v) is 4.30. The number of carbonyl (C=O) groups is 1. The maximum absolute atomic E-state index is 15.6. The molecule has 1 aliphatic heterocycles. The lowest BCUT2D eigenvalue weighted by Gasteiger charge is -2.33. The Labute approximate surface area is 169 Å². The third kappa shape index (κ3) is 6.02. The smallest absolute Gasteiger partial charge is 0.348 e. The second-order valence-electron chi connectivity index (χ2n) is 6.68. The Bertz CT molecular complexity index is 785. The van der Waals surface area contributed by atoms with Gasteiger partial charge in [-0.05, 0) is 38.1 Å². The zero-order valence-corrected chi connectivity index (χ0v) is 17.5. The number of sulfonamides is 1. The molecule has 1 aromatic rings. The molecule has 0 aliphatic carbocycles. The van der Waals surface area contributed by atoms with Crippen LogP contribution in [0.5, 0.6) is 0 Å². The lowest BCUT2D eigenvalue weighted by molar-refractivity contribution is -0.156. The fourth-order valence-electron chi connectivity index (χ4n) is 3.16. The highest BCUT2D eigenvalue weighted by atomic mass is 35.5. The number of hydrogen-bond donors (Lipinski definition) is 1. The summed E-state index contributed by atoms with van der Waals surface area (Å²) in [6, 6.07) is 4.08. The minimum Gasteiger partial charge on any atom is -0.466 e. The molecular weight excluding hydrogens is 418 g/mol. The summed E-state index contributed by atoms with van der Waals surface area (Å²) < 4.78 is 45.5. The average molecular weight is 441 g/mol. The van der Waals surface area contributed by atoms with Gasteiger partial charge in [-0.3, -0.25) is 0 Å². The number of ether oxygens (including phenoxy) is 1. The van der Waals surface area contributed by atoms with Crippen molar-refractivity contribution in [2.24, 2.45) is 0 Å². The van der Waals surface area contributed by atoms with Crippen LogP contribution in [0.15, 0.2) is 18.2 Å². The predicted octanol–water partition coefficient (Wildman–Crippen LogP) is 2.73. The van der Waals surface area contributed by atoms with Crippen LogP contribution in [0.25, 0.3) is 0 Å². The lowest BCUT2D eigenvalue weighted by Crippen LogP contribution is -2.45. The van der Waals surface area contributed by atoms with Crippen molar-refractivity contribution in [3.8, 4) is 0 Å². The molecule has 10 heteroatoms. The van der Waals surface area contributed by atoms with Gasteiger partial charge >= 0.3 is 5.97 Å². The minimum atomic E-state index is -3.25. The summed E-state index contributed by atoms with van der Waals surface area (Å²) in [6.45, 7) is 1.52. The molecule has 2 rings (SSSR count). The van der Waals surface area contributed by atoms with Gasteiger partial charge in [0, 0.05) is 24.6 Å². The first-order valence-electron chi connectivity index (χ1n) is 8.47. The second-order valence-corrected chi connectivity index (χ2v) is 9.27. The Kier molecular flexibility index (Phi) is 7.49. The summed E-state index contributed by atoms with van der Waals surface area (Å²) in [5, 5.41) is 0.431. The van der Waals surface area contributed by atoms with Crippen LogP contribution in [0.2, 0.25) is 10.0 Å². The molecule has 0 aromatic heterocycles. The molecule has 1 saturated heterocycles. The van der Waals surface area contributed by atoms with Crippen molar-refractivity contribution in [1.29, 1.82) is 0 Å². The van der Waals surface area contributed by atoms with Crippen LogP contribution in [0.4, 0.5) is 4.39 Å². The molecule has 1 atom stereocenters. The molecule has 152 valence electrons. The van der Waals surface area contributed by atoms with Crippen molar-refractivity contribution in [2.45, 2.75) is 31.0 Å². The zero-order valence-electron chi connectivity index (χ0n) is 15.2. The molecule has 1 aromatic carbocycles. The van der Waals surface area contributed by atoms with Crippen molar-refractivity contribution < 1.29 is 22.3 Å². The summed E-state index contributed by atoms with van der Waals surface area (Å²) in [4.78, 5) is 14.1. The van der Waals surface area contributed by atoms with Gasteiger partial charge in [0.2, 0.25) is 15.7 Å². The standard InChI is InChI=1S/C17H23Cl2FN2O4S/c1-26-16(23)17(20,12-3-4-14(18)15(19)11-12)7-10-22-8-5-13(6-9-22)21-27(2,24)25/h3-4,11,13,21H,5-10H2,1-2H3. The van der Waals surface area contributed by atoms with Crippen LogP contribution in [0.1, 0.15) is 24.8 Å². The summed E-state index contributed by atoms with van der Waals surface area (Å²) in [7, 11) is -2.11. The van der Waals surface area contributed by atoms with E-state index in [1.54, 1.807) is 0 Å².